The summed E-state index contributed by atoms with van der Waals surface area (Å²) in [5, 5.41) is 3.70. The van der Waals surface area contributed by atoms with E-state index in [0.717, 1.165) is 19.4 Å². The van der Waals surface area contributed by atoms with Crippen molar-refractivity contribution in [2.45, 2.75) is 51.8 Å². The molecule has 0 radical (unpaired) electrons. The fraction of sp³-hybridized carbons (Fsp3) is 0.478. The van der Waals surface area contributed by atoms with Gasteiger partial charge in [-0.2, -0.15) is 0 Å². The Labute approximate surface area is 168 Å². The number of nitrogens with one attached hydrogen (secondary N) is 1. The van der Waals surface area contributed by atoms with E-state index in [-0.39, 0.29) is 6.09 Å². The van der Waals surface area contributed by atoms with Crippen molar-refractivity contribution in [3.8, 4) is 0 Å². The zero-order valence-electron chi connectivity index (χ0n) is 17.1. The highest BCUT2D eigenvalue weighted by molar-refractivity contribution is 5.68. The molecule has 150 valence electrons. The maximum absolute atomic E-state index is 12.6. The number of ether oxygens (including phenoxy) is 1. The fourth-order valence-electron chi connectivity index (χ4n) is 3.67. The van der Waals surface area contributed by atoms with E-state index in [1.165, 1.54) is 11.1 Å². The van der Waals surface area contributed by atoms with Crippen molar-refractivity contribution in [1.29, 1.82) is 0 Å². The Morgan fingerprint density at radius 3 is 2.61 bits per heavy atom. The van der Waals surface area contributed by atoms with E-state index in [1.54, 1.807) is 6.20 Å². The van der Waals surface area contributed by atoms with Crippen LogP contribution in [0.1, 0.15) is 38.3 Å². The van der Waals surface area contributed by atoms with Crippen LogP contribution in [-0.4, -0.2) is 40.7 Å². The zero-order chi connectivity index (χ0) is 20.0. The first-order valence-electron chi connectivity index (χ1n) is 10.0. The maximum Gasteiger partial charge on any atom is 0.410 e. The normalized spacial score (nSPS) is 20.0. The van der Waals surface area contributed by atoms with Gasteiger partial charge in [0, 0.05) is 38.1 Å². The summed E-state index contributed by atoms with van der Waals surface area (Å²) in [5.41, 5.74) is 2.00. The number of amides is 1. The van der Waals surface area contributed by atoms with E-state index in [0.29, 0.717) is 25.0 Å². The van der Waals surface area contributed by atoms with E-state index >= 15 is 0 Å². The number of pyridine rings is 1. The minimum Gasteiger partial charge on any atom is -0.444 e. The van der Waals surface area contributed by atoms with Crippen LogP contribution in [0.4, 0.5) is 4.79 Å². The third-order valence-corrected chi connectivity index (χ3v) is 5.02. The van der Waals surface area contributed by atoms with Crippen LogP contribution in [-0.2, 0) is 17.7 Å². The molecule has 1 N–H and O–H groups in total. The topological polar surface area (TPSA) is 54.5 Å². The Morgan fingerprint density at radius 1 is 1.18 bits per heavy atom. The molecule has 1 aliphatic heterocycles. The van der Waals surface area contributed by atoms with E-state index < -0.39 is 5.60 Å². The Balaban J connectivity index is 1.67. The molecule has 3 rings (SSSR count). The second-order valence-electron chi connectivity index (χ2n) is 8.51. The van der Waals surface area contributed by atoms with Gasteiger partial charge in [-0.05, 0) is 56.7 Å². The quantitative estimate of drug-likeness (QED) is 0.849. The lowest BCUT2D eigenvalue weighted by atomic mass is 9.86. The van der Waals surface area contributed by atoms with Crippen LogP contribution in [0.15, 0.2) is 54.9 Å². The number of hydrogen-bond donors (Lipinski definition) is 1. The highest BCUT2D eigenvalue weighted by Gasteiger charge is 2.33. The van der Waals surface area contributed by atoms with Crippen LogP contribution >= 0.6 is 0 Å². The van der Waals surface area contributed by atoms with Crippen molar-refractivity contribution in [1.82, 2.24) is 15.2 Å². The monoisotopic (exact) mass is 381 g/mol. The Kier molecular flexibility index (Phi) is 6.68. The van der Waals surface area contributed by atoms with Crippen LogP contribution in [0, 0.1) is 5.92 Å². The first-order chi connectivity index (χ1) is 13.4. The fourth-order valence-corrected chi connectivity index (χ4v) is 3.67. The van der Waals surface area contributed by atoms with Gasteiger partial charge in [-0.3, -0.25) is 4.98 Å². The molecule has 28 heavy (non-hydrogen) atoms. The summed E-state index contributed by atoms with van der Waals surface area (Å²) in [6.07, 6.45) is 5.33. The van der Waals surface area contributed by atoms with Gasteiger partial charge in [0.15, 0.2) is 0 Å². The van der Waals surface area contributed by atoms with Crippen molar-refractivity contribution in [3.63, 3.8) is 0 Å². The first kappa shape index (κ1) is 20.3. The van der Waals surface area contributed by atoms with Gasteiger partial charge in [0.1, 0.15) is 5.60 Å². The Hall–Kier alpha value is -2.40. The second kappa shape index (κ2) is 9.20. The van der Waals surface area contributed by atoms with E-state index in [1.807, 2.05) is 44.0 Å². The molecule has 0 aliphatic carbocycles. The number of nitrogens with zero attached hydrogens (tertiary/aromatic N) is 2. The van der Waals surface area contributed by atoms with Gasteiger partial charge in [0.05, 0.1) is 0 Å². The molecule has 1 saturated heterocycles. The number of hydrogen-bond acceptors (Lipinski definition) is 4. The second-order valence-corrected chi connectivity index (χ2v) is 8.51. The van der Waals surface area contributed by atoms with Crippen molar-refractivity contribution >= 4 is 6.09 Å². The smallest absolute Gasteiger partial charge is 0.410 e. The number of aromatic nitrogens is 1. The first-order valence-corrected chi connectivity index (χ1v) is 10.0. The molecule has 2 atom stereocenters. The van der Waals surface area contributed by atoms with Gasteiger partial charge in [-0.1, -0.05) is 36.4 Å². The van der Waals surface area contributed by atoms with Crippen LogP contribution in [0.3, 0.4) is 0 Å². The number of likely N-dealkylation sites (tertiary alicyclic amines) is 1. The number of rotatable bonds is 5. The molecular weight excluding hydrogens is 350 g/mol. The summed E-state index contributed by atoms with van der Waals surface area (Å²) in [6, 6.07) is 14.9. The SMILES string of the molecule is CC(C)(C)OC(=O)N1CCC(NCc2cccnc2)C(Cc2ccccc2)C1. The van der Waals surface area contributed by atoms with Gasteiger partial charge in [0.2, 0.25) is 0 Å². The van der Waals surface area contributed by atoms with Gasteiger partial charge in [-0.15, -0.1) is 0 Å². The van der Waals surface area contributed by atoms with Crippen molar-refractivity contribution < 1.29 is 9.53 Å². The van der Waals surface area contributed by atoms with Crippen LogP contribution in [0.5, 0.6) is 0 Å². The molecule has 0 bridgehead atoms. The minimum absolute atomic E-state index is 0.212. The van der Waals surface area contributed by atoms with Crippen molar-refractivity contribution in [3.05, 3.63) is 66.0 Å². The molecule has 2 heterocycles. The third-order valence-electron chi connectivity index (χ3n) is 5.02. The van der Waals surface area contributed by atoms with Crippen LogP contribution in [0.2, 0.25) is 0 Å². The number of piperidine rings is 1. The predicted octanol–water partition coefficient (Wildman–Crippen LogP) is 4.04. The van der Waals surface area contributed by atoms with Gasteiger partial charge >= 0.3 is 6.09 Å². The lowest BCUT2D eigenvalue weighted by molar-refractivity contribution is 0.0131. The maximum atomic E-state index is 12.6. The average molecular weight is 382 g/mol. The number of carbonyl (C=O) groups excluding carboxylic acids is 1. The number of benzene rings is 1. The lowest BCUT2D eigenvalue weighted by Gasteiger charge is -2.39. The van der Waals surface area contributed by atoms with Gasteiger partial charge < -0.3 is 15.0 Å². The third kappa shape index (κ3) is 6.06. The predicted molar refractivity (Wildman–Crippen MR) is 111 cm³/mol. The molecule has 5 heteroatoms. The molecule has 0 saturated carbocycles. The van der Waals surface area contributed by atoms with Gasteiger partial charge in [-0.25, -0.2) is 4.79 Å². The minimum atomic E-state index is -0.471. The molecular formula is C23H31N3O2. The van der Waals surface area contributed by atoms with Crippen LogP contribution in [0.25, 0.3) is 0 Å². The highest BCUT2D eigenvalue weighted by Crippen LogP contribution is 2.24. The molecule has 1 aliphatic rings. The molecule has 2 unspecified atom stereocenters. The summed E-state index contributed by atoms with van der Waals surface area (Å²) < 4.78 is 5.60. The summed E-state index contributed by atoms with van der Waals surface area (Å²) >= 11 is 0. The highest BCUT2D eigenvalue weighted by atomic mass is 16.6. The Bertz CT molecular complexity index is 743. The van der Waals surface area contributed by atoms with Crippen LogP contribution < -0.4 is 5.32 Å². The summed E-state index contributed by atoms with van der Waals surface area (Å²) in [4.78, 5) is 18.6. The van der Waals surface area contributed by atoms with E-state index in [9.17, 15) is 4.79 Å². The van der Waals surface area contributed by atoms with Gasteiger partial charge in [0.25, 0.3) is 0 Å². The molecule has 1 aromatic carbocycles. The van der Waals surface area contributed by atoms with Crippen molar-refractivity contribution in [2.24, 2.45) is 5.92 Å². The number of carbonyl (C=O) groups is 1. The molecule has 1 amide bonds. The standard InChI is InChI=1S/C23H31N3O2/c1-23(2,3)28-22(27)26-13-11-21(25-16-19-10-7-12-24-15-19)20(17-26)14-18-8-5-4-6-9-18/h4-10,12,15,20-21,25H,11,13-14,16-17H2,1-3H3. The van der Waals surface area contributed by atoms with E-state index in [2.05, 4.69) is 40.6 Å². The molecule has 0 spiro atoms. The molecule has 5 nitrogen and oxygen atoms in total. The average Bonchev–Trinajstić information content (AvgIpc) is 2.67. The zero-order valence-corrected chi connectivity index (χ0v) is 17.1. The molecule has 1 aromatic heterocycles. The Morgan fingerprint density at radius 2 is 1.93 bits per heavy atom. The van der Waals surface area contributed by atoms with E-state index in [4.69, 9.17) is 4.74 Å². The molecule has 2 aromatic rings. The van der Waals surface area contributed by atoms with Crippen molar-refractivity contribution in [2.75, 3.05) is 13.1 Å². The molecule has 1 fully saturated rings. The summed E-state index contributed by atoms with van der Waals surface area (Å²) in [5.74, 6) is 0.334. The summed E-state index contributed by atoms with van der Waals surface area (Å²) in [6.45, 7) is 7.94. The summed E-state index contributed by atoms with van der Waals surface area (Å²) in [7, 11) is 0. The largest absolute Gasteiger partial charge is 0.444 e. The lowest BCUT2D eigenvalue weighted by Crippen LogP contribution is -2.52.